The number of nitrogens with two attached hydrogens (primary N) is 1. The summed E-state index contributed by atoms with van der Waals surface area (Å²) in [6, 6.07) is 0.765. The first-order chi connectivity index (χ1) is 8.59. The van der Waals surface area contributed by atoms with E-state index in [1.807, 2.05) is 0 Å². The molecule has 104 valence electrons. The highest BCUT2D eigenvalue weighted by Crippen LogP contribution is 2.28. The third kappa shape index (κ3) is 4.25. The van der Waals surface area contributed by atoms with Crippen LogP contribution in [0.3, 0.4) is 0 Å². The Hall–Kier alpha value is -0.610. The van der Waals surface area contributed by atoms with Crippen LogP contribution in [-0.2, 0) is 4.79 Å². The molecule has 4 heteroatoms. The van der Waals surface area contributed by atoms with Gasteiger partial charge in [-0.2, -0.15) is 0 Å². The van der Waals surface area contributed by atoms with Crippen LogP contribution in [0.25, 0.3) is 0 Å². The smallest absolute Gasteiger partial charge is 0.221 e. The van der Waals surface area contributed by atoms with Gasteiger partial charge in [0.05, 0.1) is 0 Å². The lowest BCUT2D eigenvalue weighted by molar-refractivity contribution is -0.122. The van der Waals surface area contributed by atoms with Gasteiger partial charge in [0.15, 0.2) is 0 Å². The second-order valence-corrected chi connectivity index (χ2v) is 6.16. The Labute approximate surface area is 110 Å². The molecule has 2 rings (SSSR count). The highest BCUT2D eigenvalue weighted by Gasteiger charge is 2.30. The summed E-state index contributed by atoms with van der Waals surface area (Å²) < 4.78 is 0. The third-order valence-electron chi connectivity index (χ3n) is 4.32. The van der Waals surface area contributed by atoms with E-state index in [0.29, 0.717) is 6.42 Å². The number of amides is 1. The second-order valence-electron chi connectivity index (χ2n) is 6.16. The Balaban J connectivity index is 1.61. The fraction of sp³-hybridized carbons (Fsp3) is 0.929. The largest absolute Gasteiger partial charge is 0.355 e. The molecule has 3 N–H and O–H groups in total. The van der Waals surface area contributed by atoms with E-state index in [4.69, 9.17) is 5.73 Å². The summed E-state index contributed by atoms with van der Waals surface area (Å²) in [7, 11) is 2.13. The van der Waals surface area contributed by atoms with E-state index in [1.165, 1.54) is 32.1 Å². The molecule has 4 nitrogen and oxygen atoms in total. The summed E-state index contributed by atoms with van der Waals surface area (Å²) in [6.45, 7) is 1.70. The van der Waals surface area contributed by atoms with Gasteiger partial charge >= 0.3 is 0 Å². The van der Waals surface area contributed by atoms with Crippen molar-refractivity contribution >= 4 is 5.91 Å². The van der Waals surface area contributed by atoms with E-state index < -0.39 is 0 Å². The second kappa shape index (κ2) is 6.02. The van der Waals surface area contributed by atoms with Gasteiger partial charge in [-0.25, -0.2) is 0 Å². The van der Waals surface area contributed by atoms with Gasteiger partial charge in [0.1, 0.15) is 0 Å². The minimum absolute atomic E-state index is 0.128. The van der Waals surface area contributed by atoms with Gasteiger partial charge in [-0.15, -0.1) is 0 Å². The molecule has 0 aromatic heterocycles. The molecule has 2 aliphatic rings. The van der Waals surface area contributed by atoms with Crippen molar-refractivity contribution in [2.75, 3.05) is 20.1 Å². The van der Waals surface area contributed by atoms with Gasteiger partial charge < -0.3 is 16.0 Å². The molecule has 0 bridgehead atoms. The summed E-state index contributed by atoms with van der Waals surface area (Å²) in [5, 5.41) is 3.01. The molecule has 0 heterocycles. The van der Waals surface area contributed by atoms with Gasteiger partial charge in [0.2, 0.25) is 5.91 Å². The Morgan fingerprint density at radius 2 is 2.00 bits per heavy atom. The zero-order valence-corrected chi connectivity index (χ0v) is 11.6. The number of nitrogens with one attached hydrogen (secondary N) is 1. The lowest BCUT2D eigenvalue weighted by Crippen LogP contribution is -2.46. The normalized spacial score (nSPS) is 23.1. The standard InChI is InChI=1S/C14H27N3O/c1-17(12-5-6-12)10-9-16-13(18)11-14(15)7-3-2-4-8-14/h12H,2-11,15H2,1H3,(H,16,18). The lowest BCUT2D eigenvalue weighted by atomic mass is 9.80. The number of carbonyl (C=O) groups is 1. The molecule has 0 aromatic carbocycles. The highest BCUT2D eigenvalue weighted by atomic mass is 16.1. The van der Waals surface area contributed by atoms with Gasteiger partial charge in [0, 0.05) is 31.1 Å². The predicted octanol–water partition coefficient (Wildman–Crippen LogP) is 1.25. The van der Waals surface area contributed by atoms with Crippen molar-refractivity contribution in [3.05, 3.63) is 0 Å². The Bertz CT molecular complexity index is 283. The summed E-state index contributed by atoms with van der Waals surface area (Å²) in [5.74, 6) is 0.128. The molecule has 0 radical (unpaired) electrons. The van der Waals surface area contributed by atoms with Crippen LogP contribution in [0.2, 0.25) is 0 Å². The maximum Gasteiger partial charge on any atom is 0.221 e. The monoisotopic (exact) mass is 253 g/mol. The zero-order chi connectivity index (χ0) is 13.0. The van der Waals surface area contributed by atoms with Crippen LogP contribution in [-0.4, -0.2) is 42.5 Å². The van der Waals surface area contributed by atoms with Crippen LogP contribution in [0.15, 0.2) is 0 Å². The summed E-state index contributed by atoms with van der Waals surface area (Å²) in [5.41, 5.74) is 6.05. The first kappa shape index (κ1) is 13.8. The first-order valence-electron chi connectivity index (χ1n) is 7.35. The average Bonchev–Trinajstić information content (AvgIpc) is 3.12. The maximum atomic E-state index is 11.9. The van der Waals surface area contributed by atoms with Crippen LogP contribution in [0.4, 0.5) is 0 Å². The van der Waals surface area contributed by atoms with E-state index in [0.717, 1.165) is 32.0 Å². The van der Waals surface area contributed by atoms with Crippen molar-refractivity contribution in [2.45, 2.75) is 62.9 Å². The number of nitrogens with zero attached hydrogens (tertiary/aromatic N) is 1. The molecule has 2 aliphatic carbocycles. The summed E-state index contributed by atoms with van der Waals surface area (Å²) >= 11 is 0. The Morgan fingerprint density at radius 3 is 2.61 bits per heavy atom. The van der Waals surface area contributed by atoms with Crippen LogP contribution < -0.4 is 11.1 Å². The van der Waals surface area contributed by atoms with Gasteiger partial charge in [0.25, 0.3) is 0 Å². The number of hydrogen-bond donors (Lipinski definition) is 2. The third-order valence-corrected chi connectivity index (χ3v) is 4.32. The van der Waals surface area contributed by atoms with Crippen molar-refractivity contribution < 1.29 is 4.79 Å². The van der Waals surface area contributed by atoms with E-state index in [2.05, 4.69) is 17.3 Å². The molecule has 0 atom stereocenters. The minimum atomic E-state index is -0.231. The van der Waals surface area contributed by atoms with Crippen molar-refractivity contribution in [3.63, 3.8) is 0 Å². The van der Waals surface area contributed by atoms with E-state index >= 15 is 0 Å². The van der Waals surface area contributed by atoms with E-state index in [-0.39, 0.29) is 11.4 Å². The van der Waals surface area contributed by atoms with Crippen molar-refractivity contribution in [2.24, 2.45) is 5.73 Å². The fourth-order valence-electron chi connectivity index (χ4n) is 2.88. The summed E-state index contributed by atoms with van der Waals surface area (Å²) in [6.07, 6.45) is 8.76. The maximum absolute atomic E-state index is 11.9. The molecular formula is C14H27N3O. The Morgan fingerprint density at radius 1 is 1.33 bits per heavy atom. The zero-order valence-electron chi connectivity index (χ0n) is 11.6. The van der Waals surface area contributed by atoms with Crippen molar-refractivity contribution in [1.29, 1.82) is 0 Å². The van der Waals surface area contributed by atoms with Crippen LogP contribution in [0.1, 0.15) is 51.4 Å². The number of hydrogen-bond acceptors (Lipinski definition) is 3. The molecule has 0 aliphatic heterocycles. The van der Waals surface area contributed by atoms with E-state index in [9.17, 15) is 4.79 Å². The molecule has 1 amide bonds. The molecule has 0 spiro atoms. The SMILES string of the molecule is CN(CCNC(=O)CC1(N)CCCCC1)C1CC1. The van der Waals surface area contributed by atoms with Gasteiger partial charge in [-0.3, -0.25) is 4.79 Å². The quantitative estimate of drug-likeness (QED) is 0.749. The number of carbonyl (C=O) groups excluding carboxylic acids is 1. The molecule has 0 unspecified atom stereocenters. The number of likely N-dealkylation sites (N-methyl/N-ethyl adjacent to an activating group) is 1. The van der Waals surface area contributed by atoms with Crippen molar-refractivity contribution in [3.8, 4) is 0 Å². The molecular weight excluding hydrogens is 226 g/mol. The van der Waals surface area contributed by atoms with Crippen LogP contribution in [0.5, 0.6) is 0 Å². The molecule has 2 saturated carbocycles. The fourth-order valence-corrected chi connectivity index (χ4v) is 2.88. The van der Waals surface area contributed by atoms with Gasteiger partial charge in [-0.1, -0.05) is 19.3 Å². The summed E-state index contributed by atoms with van der Waals surface area (Å²) in [4.78, 5) is 14.2. The average molecular weight is 253 g/mol. The van der Waals surface area contributed by atoms with Gasteiger partial charge in [-0.05, 0) is 32.7 Å². The van der Waals surface area contributed by atoms with Crippen LogP contribution >= 0.6 is 0 Å². The van der Waals surface area contributed by atoms with E-state index in [1.54, 1.807) is 0 Å². The number of rotatable bonds is 6. The molecule has 0 aromatic rings. The topological polar surface area (TPSA) is 58.4 Å². The minimum Gasteiger partial charge on any atom is -0.355 e. The molecule has 2 fully saturated rings. The molecule has 0 saturated heterocycles. The van der Waals surface area contributed by atoms with Crippen LogP contribution in [0, 0.1) is 0 Å². The highest BCUT2D eigenvalue weighted by molar-refractivity contribution is 5.77. The van der Waals surface area contributed by atoms with Crippen molar-refractivity contribution in [1.82, 2.24) is 10.2 Å². The lowest BCUT2D eigenvalue weighted by Gasteiger charge is -2.32. The first-order valence-corrected chi connectivity index (χ1v) is 7.35. The molecule has 18 heavy (non-hydrogen) atoms. The predicted molar refractivity (Wildman–Crippen MR) is 73.3 cm³/mol. The Kier molecular flexibility index (Phi) is 4.62.